The van der Waals surface area contributed by atoms with Crippen LogP contribution in [0.3, 0.4) is 0 Å². The van der Waals surface area contributed by atoms with Crippen molar-refractivity contribution >= 4 is 49.7 Å². The van der Waals surface area contributed by atoms with Crippen molar-refractivity contribution in [3.05, 3.63) is 191 Å². The minimum absolute atomic E-state index is 0.00667. The number of para-hydroxylation sites is 2. The maximum atomic E-state index is 6.46. The second kappa shape index (κ2) is 11.0. The highest BCUT2D eigenvalue weighted by molar-refractivity contribution is 6.17. The number of rotatable bonds is 4. The zero-order valence-corrected chi connectivity index (χ0v) is 27.5. The lowest BCUT2D eigenvalue weighted by molar-refractivity contribution is 0.673. The van der Waals surface area contributed by atoms with Crippen LogP contribution in [-0.2, 0) is 0 Å². The van der Waals surface area contributed by atoms with E-state index in [1.807, 2.05) is 12.1 Å². The van der Waals surface area contributed by atoms with Gasteiger partial charge in [0.15, 0.2) is 5.58 Å². The molecule has 1 atom stereocenters. The van der Waals surface area contributed by atoms with E-state index in [-0.39, 0.29) is 5.92 Å². The van der Waals surface area contributed by atoms with Crippen molar-refractivity contribution in [1.82, 2.24) is 4.57 Å². The smallest absolute Gasteiger partial charge is 0.161 e. The van der Waals surface area contributed by atoms with Gasteiger partial charge >= 0.3 is 0 Å². The van der Waals surface area contributed by atoms with Crippen molar-refractivity contribution in [2.75, 3.05) is 0 Å². The van der Waals surface area contributed by atoms with Gasteiger partial charge in [-0.1, -0.05) is 115 Å². The second-order valence-corrected chi connectivity index (χ2v) is 13.2. The quantitative estimate of drug-likeness (QED) is 0.176. The lowest BCUT2D eigenvalue weighted by Gasteiger charge is -2.24. The third-order valence-electron chi connectivity index (χ3n) is 10.6. The summed E-state index contributed by atoms with van der Waals surface area (Å²) in [5.74, 6) is 2.76. The van der Waals surface area contributed by atoms with Gasteiger partial charge in [0.2, 0.25) is 0 Å². The predicted octanol–water partition coefficient (Wildman–Crippen LogP) is 12.2. The van der Waals surface area contributed by atoms with E-state index < -0.39 is 0 Å². The fourth-order valence-electron chi connectivity index (χ4n) is 8.54. The van der Waals surface area contributed by atoms with Gasteiger partial charge < -0.3 is 8.98 Å². The van der Waals surface area contributed by atoms with Crippen LogP contribution >= 0.6 is 0 Å². The van der Waals surface area contributed by atoms with Crippen molar-refractivity contribution < 1.29 is 4.42 Å². The summed E-state index contributed by atoms with van der Waals surface area (Å²) in [5.41, 5.74) is 19.0. The third kappa shape index (κ3) is 3.98. The van der Waals surface area contributed by atoms with Crippen molar-refractivity contribution in [1.29, 1.82) is 0 Å². The number of aromatic nitrogens is 1. The number of allylic oxidation sites excluding steroid dienone is 5. The zero-order chi connectivity index (χ0) is 33.3. The Kier molecular flexibility index (Phi) is 6.25. The molecule has 0 saturated carbocycles. The van der Waals surface area contributed by atoms with E-state index in [2.05, 4.69) is 163 Å². The standard InChI is InChI=1S/C48H31NO/c1-3-4-15-34-30(2)33-16-5-8-19-37(33)45(34)44(46-38-20-9-6-17-35(38)36-18-7-10-21-39(36)46)31-26-28-32(29-27-31)49-42-24-13-11-22-40(42)48-47(49)41-23-12-14-25-43(41)50-48/h1,4-29,45H,2H3/b15-4-. The number of benzene rings is 6. The molecular weight excluding hydrogens is 607 g/mol. The molecule has 10 rings (SSSR count). The molecule has 2 aromatic heterocycles. The third-order valence-corrected chi connectivity index (χ3v) is 10.6. The van der Waals surface area contributed by atoms with Crippen LogP contribution in [0.25, 0.3) is 66.5 Å². The minimum atomic E-state index is -0.00667. The fourth-order valence-corrected chi connectivity index (χ4v) is 8.54. The van der Waals surface area contributed by atoms with Crippen LogP contribution in [0.4, 0.5) is 0 Å². The Balaban J connectivity index is 1.26. The number of terminal acetylenes is 1. The Morgan fingerprint density at radius 2 is 1.26 bits per heavy atom. The first-order valence-electron chi connectivity index (χ1n) is 17.1. The number of hydrogen-bond donors (Lipinski definition) is 0. The summed E-state index contributed by atoms with van der Waals surface area (Å²) in [7, 11) is 0. The molecular formula is C48H31NO. The molecule has 0 radical (unpaired) electrons. The molecule has 0 aliphatic heterocycles. The van der Waals surface area contributed by atoms with Crippen LogP contribution < -0.4 is 0 Å². The highest BCUT2D eigenvalue weighted by Crippen LogP contribution is 2.56. The molecule has 2 aliphatic rings. The summed E-state index contributed by atoms with van der Waals surface area (Å²) in [6.45, 7) is 2.23. The van der Waals surface area contributed by atoms with Crippen molar-refractivity contribution in [3.63, 3.8) is 0 Å². The van der Waals surface area contributed by atoms with Gasteiger partial charge in [0, 0.05) is 22.4 Å². The molecule has 1 unspecified atom stereocenters. The van der Waals surface area contributed by atoms with Crippen LogP contribution in [0.5, 0.6) is 0 Å². The van der Waals surface area contributed by atoms with Crippen LogP contribution in [0, 0.1) is 12.3 Å². The fraction of sp³-hybridized carbons (Fsp3) is 0.0417. The van der Waals surface area contributed by atoms with E-state index >= 15 is 0 Å². The van der Waals surface area contributed by atoms with Gasteiger partial charge in [-0.2, -0.15) is 0 Å². The molecule has 2 aliphatic carbocycles. The molecule has 0 spiro atoms. The van der Waals surface area contributed by atoms with Gasteiger partial charge in [-0.25, -0.2) is 0 Å². The SMILES string of the molecule is C#C/C=C\C1=C(C)c2ccccc2C1C(=C1c2ccccc2-c2ccccc21)c1ccc(-n2c3ccccc3c3oc4ccccc4c32)cc1. The summed E-state index contributed by atoms with van der Waals surface area (Å²) in [5, 5.41) is 2.22. The summed E-state index contributed by atoms with van der Waals surface area (Å²) in [6, 6.07) is 52.5. The molecule has 6 aromatic carbocycles. The molecule has 8 aromatic rings. The first-order chi connectivity index (χ1) is 24.7. The van der Waals surface area contributed by atoms with E-state index in [4.69, 9.17) is 10.8 Å². The first kappa shape index (κ1) is 28.5. The Labute approximate surface area is 290 Å². The monoisotopic (exact) mass is 637 g/mol. The molecule has 50 heavy (non-hydrogen) atoms. The van der Waals surface area contributed by atoms with E-state index in [1.165, 1.54) is 61.2 Å². The van der Waals surface area contributed by atoms with E-state index in [0.29, 0.717) is 0 Å². The van der Waals surface area contributed by atoms with Gasteiger partial charge in [-0.05, 0) is 117 Å². The van der Waals surface area contributed by atoms with Crippen LogP contribution in [0.1, 0.15) is 40.7 Å². The van der Waals surface area contributed by atoms with Gasteiger partial charge in [-0.3, -0.25) is 0 Å². The lowest BCUT2D eigenvalue weighted by Crippen LogP contribution is -2.06. The average molecular weight is 638 g/mol. The maximum Gasteiger partial charge on any atom is 0.161 e. The van der Waals surface area contributed by atoms with Gasteiger partial charge in [0.1, 0.15) is 11.1 Å². The second-order valence-electron chi connectivity index (χ2n) is 13.2. The lowest BCUT2D eigenvalue weighted by atomic mass is 9.79. The highest BCUT2D eigenvalue weighted by Gasteiger charge is 2.36. The number of hydrogen-bond acceptors (Lipinski definition) is 1. The van der Waals surface area contributed by atoms with Crippen molar-refractivity contribution in [2.24, 2.45) is 0 Å². The molecule has 2 heteroatoms. The topological polar surface area (TPSA) is 18.1 Å². The Morgan fingerprint density at radius 1 is 0.660 bits per heavy atom. The molecule has 0 N–H and O–H groups in total. The number of furan rings is 1. The molecule has 234 valence electrons. The molecule has 2 nitrogen and oxygen atoms in total. The van der Waals surface area contributed by atoms with Gasteiger partial charge in [0.05, 0.1) is 5.52 Å². The predicted molar refractivity (Wildman–Crippen MR) is 208 cm³/mol. The Hall–Kier alpha value is -6.56. The largest absolute Gasteiger partial charge is 0.454 e. The Morgan fingerprint density at radius 3 is 1.98 bits per heavy atom. The van der Waals surface area contributed by atoms with Crippen LogP contribution in [0.15, 0.2) is 168 Å². The molecule has 0 amide bonds. The number of fused-ring (bicyclic) bond motifs is 9. The zero-order valence-electron chi connectivity index (χ0n) is 27.5. The van der Waals surface area contributed by atoms with E-state index in [1.54, 1.807) is 0 Å². The summed E-state index contributed by atoms with van der Waals surface area (Å²) < 4.78 is 8.82. The Bertz CT molecular complexity index is 2770. The van der Waals surface area contributed by atoms with Gasteiger partial charge in [0.25, 0.3) is 0 Å². The number of nitrogens with zero attached hydrogens (tertiary/aromatic N) is 1. The van der Waals surface area contributed by atoms with E-state index in [0.717, 1.165) is 38.7 Å². The average Bonchev–Trinajstić information content (AvgIpc) is 3.88. The molecule has 0 bridgehead atoms. The summed E-state index contributed by atoms with van der Waals surface area (Å²) in [6.07, 6.45) is 9.82. The highest BCUT2D eigenvalue weighted by atomic mass is 16.3. The van der Waals surface area contributed by atoms with Crippen molar-refractivity contribution in [2.45, 2.75) is 12.8 Å². The molecule has 0 saturated heterocycles. The van der Waals surface area contributed by atoms with Crippen molar-refractivity contribution in [3.8, 4) is 29.2 Å². The normalized spacial score (nSPS) is 14.9. The summed E-state index contributed by atoms with van der Waals surface area (Å²) in [4.78, 5) is 0. The van der Waals surface area contributed by atoms with Gasteiger partial charge in [-0.15, -0.1) is 6.42 Å². The van der Waals surface area contributed by atoms with Crippen LogP contribution in [-0.4, -0.2) is 4.57 Å². The van der Waals surface area contributed by atoms with Crippen LogP contribution in [0.2, 0.25) is 0 Å². The summed E-state index contributed by atoms with van der Waals surface area (Å²) >= 11 is 0. The molecule has 2 heterocycles. The maximum absolute atomic E-state index is 6.46. The molecule has 0 fully saturated rings. The first-order valence-corrected chi connectivity index (χ1v) is 17.1. The minimum Gasteiger partial charge on any atom is -0.454 e. The van der Waals surface area contributed by atoms with E-state index in [9.17, 15) is 0 Å².